The number of benzene rings is 6. The molecule has 63 heavy (non-hydrogen) atoms. The van der Waals surface area contributed by atoms with Crippen molar-refractivity contribution in [2.75, 3.05) is 23.8 Å². The maximum Gasteiger partial charge on any atom is 0.343 e. The summed E-state index contributed by atoms with van der Waals surface area (Å²) >= 11 is 0. The molecule has 0 fully saturated rings. The van der Waals surface area contributed by atoms with Gasteiger partial charge in [0.15, 0.2) is 11.1 Å². The first-order valence-electron chi connectivity index (χ1n) is 19.7. The Morgan fingerprint density at radius 1 is 0.397 bits per heavy atom. The molecule has 308 valence electrons. The predicted octanol–water partition coefficient (Wildman–Crippen LogP) is 10.5. The van der Waals surface area contributed by atoms with Gasteiger partial charge in [-0.3, -0.25) is 0 Å². The van der Waals surface area contributed by atoms with Gasteiger partial charge in [0.1, 0.15) is 47.3 Å². The fraction of sp³-hybridized carbons (Fsp3) is 0.0980. The summed E-state index contributed by atoms with van der Waals surface area (Å²) in [6.45, 7) is 0.999. The van der Waals surface area contributed by atoms with E-state index in [1.54, 1.807) is 121 Å². The van der Waals surface area contributed by atoms with Crippen molar-refractivity contribution in [1.82, 2.24) is 0 Å². The van der Waals surface area contributed by atoms with Crippen LogP contribution in [-0.4, -0.2) is 25.2 Å². The van der Waals surface area contributed by atoms with Crippen molar-refractivity contribution in [1.29, 1.82) is 21.0 Å². The number of unbranched alkanes of at least 4 members (excludes halogenated alkanes) is 2. The van der Waals surface area contributed by atoms with E-state index in [2.05, 4.69) is 10.6 Å². The molecule has 0 unspecified atom stereocenters. The lowest BCUT2D eigenvalue weighted by Crippen LogP contribution is -2.09. The highest BCUT2D eigenvalue weighted by atomic mass is 16.5. The molecule has 6 aromatic carbocycles. The van der Waals surface area contributed by atoms with Crippen molar-refractivity contribution < 1.29 is 28.5 Å². The summed E-state index contributed by atoms with van der Waals surface area (Å²) in [7, 11) is 0. The van der Waals surface area contributed by atoms with Crippen molar-refractivity contribution in [3.05, 3.63) is 191 Å². The fourth-order valence-corrected chi connectivity index (χ4v) is 6.01. The molecular weight excluding hydrogens is 793 g/mol. The van der Waals surface area contributed by atoms with Crippen LogP contribution in [0, 0.1) is 45.3 Å². The topological polar surface area (TPSA) is 190 Å². The number of rotatable bonds is 18. The Hall–Kier alpha value is -9.10. The first-order chi connectivity index (χ1) is 30.9. The summed E-state index contributed by atoms with van der Waals surface area (Å²) < 4.78 is 22.8. The standard InChI is InChI=1S/C51H38N6O6/c52-32-40(33-53)48(36-10-4-1-5-11-36)56-42-18-14-38(15-19-42)50(58)62-46-26-22-44(23-27-46)60-30-8-3-9-31-61-45-24-28-47(29-25-45)63-51(59)39-16-20-43(21-17-39)57-49(41(34-54)35-55)37-12-6-2-7-13-37/h1-2,4-7,10-29,56-57H,3,8-9,30-31H2. The molecule has 0 aliphatic heterocycles. The second-order valence-electron chi connectivity index (χ2n) is 13.6. The van der Waals surface area contributed by atoms with Gasteiger partial charge in [0.05, 0.1) is 35.7 Å². The Labute approximate surface area is 364 Å². The van der Waals surface area contributed by atoms with Crippen LogP contribution in [0.4, 0.5) is 11.4 Å². The van der Waals surface area contributed by atoms with E-state index in [0.717, 1.165) is 19.3 Å². The van der Waals surface area contributed by atoms with Crippen LogP contribution in [0.1, 0.15) is 51.1 Å². The van der Waals surface area contributed by atoms with E-state index in [-0.39, 0.29) is 11.1 Å². The lowest BCUT2D eigenvalue weighted by Gasteiger charge is -2.12. The summed E-state index contributed by atoms with van der Waals surface area (Å²) in [6.07, 6.45) is 2.48. The number of carbonyl (C=O) groups excluding carboxylic acids is 2. The van der Waals surface area contributed by atoms with E-state index in [9.17, 15) is 30.6 Å². The Balaban J connectivity index is 0.870. The number of esters is 2. The number of hydrogen-bond acceptors (Lipinski definition) is 12. The molecule has 12 nitrogen and oxygen atoms in total. The van der Waals surface area contributed by atoms with Gasteiger partial charge in [-0.1, -0.05) is 60.7 Å². The van der Waals surface area contributed by atoms with E-state index < -0.39 is 11.9 Å². The number of nitrogens with zero attached hydrogens (tertiary/aromatic N) is 4. The van der Waals surface area contributed by atoms with E-state index >= 15 is 0 Å². The van der Waals surface area contributed by atoms with Crippen LogP contribution in [-0.2, 0) is 0 Å². The SMILES string of the molecule is N#CC(C#N)=C(Nc1ccc(C(=O)Oc2ccc(OCCCCCOc3ccc(OC(=O)c4ccc(NC(=C(C#N)C#N)c5ccccc5)cc4)cc3)cc2)cc1)c1ccccc1. The molecule has 0 aromatic heterocycles. The minimum absolute atomic E-state index is 0.0632. The fourth-order valence-electron chi connectivity index (χ4n) is 6.01. The third kappa shape index (κ3) is 12.5. The number of hydrogen-bond donors (Lipinski definition) is 2. The maximum atomic E-state index is 12.8. The molecule has 0 atom stereocenters. The van der Waals surface area contributed by atoms with Crippen LogP contribution in [0.2, 0.25) is 0 Å². The van der Waals surface area contributed by atoms with Crippen molar-refractivity contribution in [3.63, 3.8) is 0 Å². The molecule has 0 spiro atoms. The maximum absolute atomic E-state index is 12.8. The second kappa shape index (κ2) is 22.3. The molecule has 0 heterocycles. The quantitative estimate of drug-likeness (QED) is 0.0361. The zero-order valence-electron chi connectivity index (χ0n) is 33.8. The third-order valence-corrected chi connectivity index (χ3v) is 9.25. The molecule has 0 amide bonds. The van der Waals surface area contributed by atoms with Crippen molar-refractivity contribution >= 4 is 34.7 Å². The monoisotopic (exact) mass is 830 g/mol. The highest BCUT2D eigenvalue weighted by Crippen LogP contribution is 2.26. The highest BCUT2D eigenvalue weighted by Gasteiger charge is 2.14. The van der Waals surface area contributed by atoms with E-state index in [0.29, 0.717) is 81.2 Å². The Morgan fingerprint density at radius 2 is 0.730 bits per heavy atom. The van der Waals surface area contributed by atoms with Crippen LogP contribution in [0.5, 0.6) is 23.0 Å². The number of nitriles is 4. The summed E-state index contributed by atoms with van der Waals surface area (Å²) in [6, 6.07) is 52.5. The Bertz CT molecular complexity index is 2520. The molecule has 0 radical (unpaired) electrons. The van der Waals surface area contributed by atoms with E-state index in [4.69, 9.17) is 18.9 Å². The van der Waals surface area contributed by atoms with Gasteiger partial charge in [0, 0.05) is 22.5 Å². The number of ether oxygens (including phenoxy) is 4. The van der Waals surface area contributed by atoms with Gasteiger partial charge >= 0.3 is 11.9 Å². The molecule has 6 rings (SSSR count). The van der Waals surface area contributed by atoms with Crippen molar-refractivity contribution in [2.45, 2.75) is 19.3 Å². The molecule has 2 N–H and O–H groups in total. The Morgan fingerprint density at radius 3 is 1.06 bits per heavy atom. The van der Waals surface area contributed by atoms with E-state index in [1.807, 2.05) is 60.7 Å². The molecule has 0 aliphatic carbocycles. The Kier molecular flexibility index (Phi) is 15.4. The lowest BCUT2D eigenvalue weighted by atomic mass is 10.1. The van der Waals surface area contributed by atoms with Crippen molar-refractivity contribution in [2.24, 2.45) is 0 Å². The third-order valence-electron chi connectivity index (χ3n) is 9.25. The molecule has 6 aromatic rings. The predicted molar refractivity (Wildman–Crippen MR) is 237 cm³/mol. The number of anilines is 2. The van der Waals surface area contributed by atoms with Gasteiger partial charge in [0.2, 0.25) is 0 Å². The smallest absolute Gasteiger partial charge is 0.343 e. The minimum Gasteiger partial charge on any atom is -0.494 e. The number of carbonyl (C=O) groups is 2. The van der Waals surface area contributed by atoms with Crippen LogP contribution >= 0.6 is 0 Å². The van der Waals surface area contributed by atoms with Gasteiger partial charge in [-0.2, -0.15) is 21.0 Å². The van der Waals surface area contributed by atoms with Gasteiger partial charge < -0.3 is 29.6 Å². The zero-order chi connectivity index (χ0) is 44.2. The normalized spacial score (nSPS) is 9.97. The largest absolute Gasteiger partial charge is 0.494 e. The molecular formula is C51H38N6O6. The molecule has 0 aliphatic rings. The molecule has 0 bridgehead atoms. The summed E-state index contributed by atoms with van der Waals surface area (Å²) in [5.41, 5.74) is 3.81. The zero-order valence-corrected chi connectivity index (χ0v) is 33.8. The van der Waals surface area contributed by atoms with Crippen LogP contribution in [0.3, 0.4) is 0 Å². The first-order valence-corrected chi connectivity index (χ1v) is 19.7. The van der Waals surface area contributed by atoms with Gasteiger partial charge in [-0.15, -0.1) is 0 Å². The first kappa shape index (κ1) is 43.5. The highest BCUT2D eigenvalue weighted by molar-refractivity contribution is 5.93. The number of allylic oxidation sites excluding steroid dienone is 2. The van der Waals surface area contributed by atoms with Gasteiger partial charge in [-0.25, -0.2) is 9.59 Å². The van der Waals surface area contributed by atoms with E-state index in [1.165, 1.54) is 0 Å². The van der Waals surface area contributed by atoms with Crippen LogP contribution in [0.25, 0.3) is 11.4 Å². The summed E-state index contributed by atoms with van der Waals surface area (Å²) in [5.74, 6) is 0.928. The summed E-state index contributed by atoms with van der Waals surface area (Å²) in [5, 5.41) is 44.0. The molecule has 12 heteroatoms. The van der Waals surface area contributed by atoms with Gasteiger partial charge in [-0.05, 0) is 116 Å². The average molecular weight is 831 g/mol. The van der Waals surface area contributed by atoms with Crippen LogP contribution in [0.15, 0.2) is 169 Å². The lowest BCUT2D eigenvalue weighted by molar-refractivity contribution is 0.0725. The van der Waals surface area contributed by atoms with Crippen molar-refractivity contribution in [3.8, 4) is 47.3 Å². The average Bonchev–Trinajstić information content (AvgIpc) is 3.33. The molecule has 0 saturated heterocycles. The minimum atomic E-state index is -0.541. The summed E-state index contributed by atoms with van der Waals surface area (Å²) in [4.78, 5) is 25.6. The molecule has 0 saturated carbocycles. The van der Waals surface area contributed by atoms with Crippen LogP contribution < -0.4 is 29.6 Å². The van der Waals surface area contributed by atoms with Gasteiger partial charge in [0.25, 0.3) is 0 Å². The number of nitrogens with one attached hydrogen (secondary N) is 2. The second-order valence-corrected chi connectivity index (χ2v) is 13.6.